The second-order valence-electron chi connectivity index (χ2n) is 5.20. The molecule has 0 bridgehead atoms. The lowest BCUT2D eigenvalue weighted by atomic mass is 10.2. The Morgan fingerprint density at radius 2 is 2.12 bits per heavy atom. The fourth-order valence-electron chi connectivity index (χ4n) is 2.06. The second-order valence-corrected chi connectivity index (χ2v) is 5.20. The average molecular weight is 324 g/mol. The van der Waals surface area contributed by atoms with Crippen LogP contribution in [0.5, 0.6) is 11.6 Å². The van der Waals surface area contributed by atoms with Gasteiger partial charge in [0.05, 0.1) is 11.9 Å². The van der Waals surface area contributed by atoms with Crippen LogP contribution in [0, 0.1) is 0 Å². The minimum absolute atomic E-state index is 0.376. The van der Waals surface area contributed by atoms with Crippen molar-refractivity contribution in [3.63, 3.8) is 0 Å². The van der Waals surface area contributed by atoms with Gasteiger partial charge in [0.25, 0.3) is 0 Å². The van der Waals surface area contributed by atoms with Crippen LogP contribution in [0.3, 0.4) is 0 Å². The molecule has 122 valence electrons. The van der Waals surface area contributed by atoms with E-state index in [-0.39, 0.29) is 0 Å². The highest BCUT2D eigenvalue weighted by molar-refractivity contribution is 5.78. The summed E-state index contributed by atoms with van der Waals surface area (Å²) >= 11 is 0. The van der Waals surface area contributed by atoms with Crippen molar-refractivity contribution in [3.05, 3.63) is 49.1 Å². The van der Waals surface area contributed by atoms with Crippen LogP contribution in [0.15, 0.2) is 49.1 Å². The van der Waals surface area contributed by atoms with E-state index in [9.17, 15) is 4.79 Å². The topological polar surface area (TPSA) is 122 Å². The molecule has 0 fully saturated rings. The quantitative estimate of drug-likeness (QED) is 0.690. The molecule has 8 heteroatoms. The highest BCUT2D eigenvalue weighted by Crippen LogP contribution is 2.25. The Hall–Kier alpha value is -3.42. The van der Waals surface area contributed by atoms with Crippen LogP contribution in [-0.2, 0) is 4.79 Å². The molecule has 0 spiro atoms. The zero-order chi connectivity index (χ0) is 17.1. The summed E-state index contributed by atoms with van der Waals surface area (Å²) in [4.78, 5) is 19.5. The van der Waals surface area contributed by atoms with E-state index in [4.69, 9.17) is 16.2 Å². The van der Waals surface area contributed by atoms with Crippen molar-refractivity contribution >= 4 is 11.6 Å². The maximum Gasteiger partial charge on any atom is 0.241 e. The molecule has 0 saturated heterocycles. The monoisotopic (exact) mass is 324 g/mol. The Balaban J connectivity index is 1.84. The van der Waals surface area contributed by atoms with Crippen molar-refractivity contribution in [1.29, 1.82) is 0 Å². The van der Waals surface area contributed by atoms with Crippen LogP contribution in [0.2, 0.25) is 0 Å². The SMILES string of the molecule is CC(C(N)=O)n1cc(-c2cc(Oc3cccc(N)c3)ncn2)cn1. The molecule has 0 aliphatic carbocycles. The lowest BCUT2D eigenvalue weighted by Gasteiger charge is -2.07. The Morgan fingerprint density at radius 3 is 2.88 bits per heavy atom. The zero-order valence-corrected chi connectivity index (χ0v) is 13.0. The number of benzene rings is 1. The van der Waals surface area contributed by atoms with Gasteiger partial charge in [-0.1, -0.05) is 6.07 Å². The summed E-state index contributed by atoms with van der Waals surface area (Å²) in [6, 6.07) is 8.19. The first kappa shape index (κ1) is 15.5. The number of rotatable bonds is 5. The molecule has 8 nitrogen and oxygen atoms in total. The number of ether oxygens (including phenoxy) is 1. The predicted octanol–water partition coefficient (Wildman–Crippen LogP) is 1.76. The molecular weight excluding hydrogens is 308 g/mol. The standard InChI is InChI=1S/C16H16N6O2/c1-10(16(18)23)22-8-11(7-21-22)14-6-15(20-9-19-14)24-13-4-2-3-12(17)5-13/h2-10H,17H2,1H3,(H2,18,23). The van der Waals surface area contributed by atoms with Crippen molar-refractivity contribution in [1.82, 2.24) is 19.7 Å². The van der Waals surface area contributed by atoms with Gasteiger partial charge in [-0.25, -0.2) is 9.97 Å². The minimum atomic E-state index is -0.538. The molecule has 1 atom stereocenters. The van der Waals surface area contributed by atoms with E-state index in [2.05, 4.69) is 15.1 Å². The van der Waals surface area contributed by atoms with Gasteiger partial charge >= 0.3 is 0 Å². The van der Waals surface area contributed by atoms with Gasteiger partial charge in [0.2, 0.25) is 11.8 Å². The van der Waals surface area contributed by atoms with Gasteiger partial charge in [0, 0.05) is 29.6 Å². The third-order valence-corrected chi connectivity index (χ3v) is 3.43. The molecule has 0 radical (unpaired) electrons. The Kier molecular flexibility index (Phi) is 4.11. The maximum absolute atomic E-state index is 11.2. The first-order chi connectivity index (χ1) is 11.5. The highest BCUT2D eigenvalue weighted by atomic mass is 16.5. The first-order valence-corrected chi connectivity index (χ1v) is 7.22. The van der Waals surface area contributed by atoms with Gasteiger partial charge in [0.1, 0.15) is 18.1 Å². The molecule has 0 aliphatic rings. The molecule has 3 aromatic rings. The summed E-state index contributed by atoms with van der Waals surface area (Å²) < 4.78 is 7.17. The fourth-order valence-corrected chi connectivity index (χ4v) is 2.06. The largest absolute Gasteiger partial charge is 0.439 e. The van der Waals surface area contributed by atoms with Crippen molar-refractivity contribution in [2.45, 2.75) is 13.0 Å². The van der Waals surface area contributed by atoms with E-state index in [0.717, 1.165) is 5.56 Å². The number of nitrogens with two attached hydrogens (primary N) is 2. The zero-order valence-electron chi connectivity index (χ0n) is 13.0. The highest BCUT2D eigenvalue weighted by Gasteiger charge is 2.13. The van der Waals surface area contributed by atoms with Crippen LogP contribution in [0.4, 0.5) is 5.69 Å². The maximum atomic E-state index is 11.2. The molecule has 2 aromatic heterocycles. The number of amides is 1. The molecular formula is C16H16N6O2. The Labute approximate surface area is 138 Å². The van der Waals surface area contributed by atoms with Gasteiger partial charge in [-0.3, -0.25) is 9.48 Å². The molecule has 2 heterocycles. The predicted molar refractivity (Wildman–Crippen MR) is 88.1 cm³/mol. The lowest BCUT2D eigenvalue weighted by Crippen LogP contribution is -2.24. The van der Waals surface area contributed by atoms with E-state index in [1.165, 1.54) is 11.0 Å². The van der Waals surface area contributed by atoms with Crippen molar-refractivity contribution < 1.29 is 9.53 Å². The van der Waals surface area contributed by atoms with Crippen LogP contribution >= 0.6 is 0 Å². The van der Waals surface area contributed by atoms with Crippen molar-refractivity contribution in [3.8, 4) is 22.9 Å². The van der Waals surface area contributed by atoms with E-state index < -0.39 is 11.9 Å². The Morgan fingerprint density at radius 1 is 1.29 bits per heavy atom. The molecule has 3 rings (SSSR count). The first-order valence-electron chi connectivity index (χ1n) is 7.22. The van der Waals surface area contributed by atoms with Gasteiger partial charge in [-0.2, -0.15) is 5.10 Å². The molecule has 24 heavy (non-hydrogen) atoms. The molecule has 1 unspecified atom stereocenters. The number of nitrogens with zero attached hydrogens (tertiary/aromatic N) is 4. The summed E-state index contributed by atoms with van der Waals surface area (Å²) in [5.41, 5.74) is 13.0. The number of nitrogen functional groups attached to an aromatic ring is 1. The molecule has 0 aliphatic heterocycles. The van der Waals surface area contributed by atoms with E-state index in [1.54, 1.807) is 49.6 Å². The van der Waals surface area contributed by atoms with Gasteiger partial charge in [-0.15, -0.1) is 0 Å². The number of hydrogen-bond acceptors (Lipinski definition) is 6. The van der Waals surface area contributed by atoms with Gasteiger partial charge in [0.15, 0.2) is 0 Å². The summed E-state index contributed by atoms with van der Waals surface area (Å²) in [6.45, 7) is 1.67. The van der Waals surface area contributed by atoms with Crippen LogP contribution in [0.1, 0.15) is 13.0 Å². The van der Waals surface area contributed by atoms with Crippen molar-refractivity contribution in [2.24, 2.45) is 5.73 Å². The van der Waals surface area contributed by atoms with Crippen LogP contribution in [0.25, 0.3) is 11.3 Å². The van der Waals surface area contributed by atoms with E-state index >= 15 is 0 Å². The van der Waals surface area contributed by atoms with Gasteiger partial charge < -0.3 is 16.2 Å². The number of hydrogen-bond donors (Lipinski definition) is 2. The molecule has 0 saturated carbocycles. The Bertz CT molecular complexity index is 876. The number of anilines is 1. The smallest absolute Gasteiger partial charge is 0.241 e. The van der Waals surface area contributed by atoms with E-state index in [1.807, 2.05) is 0 Å². The van der Waals surface area contributed by atoms with Crippen molar-refractivity contribution in [2.75, 3.05) is 5.73 Å². The molecule has 1 aromatic carbocycles. The number of carbonyl (C=O) groups is 1. The summed E-state index contributed by atoms with van der Waals surface area (Å²) in [5.74, 6) is 0.497. The normalized spacial score (nSPS) is 11.9. The third kappa shape index (κ3) is 3.32. The van der Waals surface area contributed by atoms with E-state index in [0.29, 0.717) is 23.0 Å². The fraction of sp³-hybridized carbons (Fsp3) is 0.125. The minimum Gasteiger partial charge on any atom is -0.439 e. The summed E-state index contributed by atoms with van der Waals surface area (Å²) in [7, 11) is 0. The number of aromatic nitrogens is 4. The second kappa shape index (κ2) is 6.37. The summed E-state index contributed by atoms with van der Waals surface area (Å²) in [5, 5.41) is 4.14. The lowest BCUT2D eigenvalue weighted by molar-refractivity contribution is -0.120. The third-order valence-electron chi connectivity index (χ3n) is 3.43. The van der Waals surface area contributed by atoms with Crippen LogP contribution in [-0.4, -0.2) is 25.7 Å². The number of primary amides is 1. The number of carbonyl (C=O) groups excluding carboxylic acids is 1. The molecule has 4 N–H and O–H groups in total. The molecule has 1 amide bonds. The van der Waals surface area contributed by atoms with Gasteiger partial charge in [-0.05, 0) is 19.1 Å². The summed E-state index contributed by atoms with van der Waals surface area (Å²) in [6.07, 6.45) is 4.69. The average Bonchev–Trinajstić information content (AvgIpc) is 3.04. The van der Waals surface area contributed by atoms with Crippen LogP contribution < -0.4 is 16.2 Å².